The molecule has 0 fully saturated rings. The Balaban J connectivity index is 2.60. The molecule has 2 N–H and O–H groups in total. The number of aromatic nitrogens is 1. The van der Waals surface area contributed by atoms with E-state index in [0.29, 0.717) is 12.4 Å². The molecule has 0 bridgehead atoms. The van der Waals surface area contributed by atoms with Crippen LogP contribution in [0.25, 0.3) is 0 Å². The van der Waals surface area contributed by atoms with E-state index in [9.17, 15) is 14.9 Å². The number of amides is 1. The number of anilines is 1. The lowest BCUT2D eigenvalue weighted by Crippen LogP contribution is -2.31. The molecule has 0 unspecified atom stereocenters. The fourth-order valence-corrected chi connectivity index (χ4v) is 1.48. The van der Waals surface area contributed by atoms with Gasteiger partial charge in [0.1, 0.15) is 11.9 Å². The van der Waals surface area contributed by atoms with Gasteiger partial charge in [0.25, 0.3) is 0 Å². The third-order valence-electron chi connectivity index (χ3n) is 2.28. The van der Waals surface area contributed by atoms with Crippen molar-refractivity contribution in [3.8, 4) is 6.07 Å². The second kappa shape index (κ2) is 7.04. The maximum absolute atomic E-state index is 11.4. The van der Waals surface area contributed by atoms with Gasteiger partial charge in [-0.05, 0) is 19.9 Å². The first-order valence-corrected chi connectivity index (χ1v) is 6.02. The first kappa shape index (κ1) is 15.4. The maximum atomic E-state index is 11.4. The van der Waals surface area contributed by atoms with Crippen LogP contribution in [-0.4, -0.2) is 28.4 Å². The van der Waals surface area contributed by atoms with E-state index in [1.54, 1.807) is 6.07 Å². The quantitative estimate of drug-likeness (QED) is 0.595. The highest BCUT2D eigenvalue weighted by atomic mass is 16.6. The molecule has 0 saturated heterocycles. The van der Waals surface area contributed by atoms with E-state index < -0.39 is 4.92 Å². The molecule has 1 amide bonds. The van der Waals surface area contributed by atoms with Crippen LogP contribution in [0.3, 0.4) is 0 Å². The molecular weight excluding hydrogens is 262 g/mol. The molecule has 1 heterocycles. The lowest BCUT2D eigenvalue weighted by atomic mass is 10.3. The van der Waals surface area contributed by atoms with Gasteiger partial charge in [0, 0.05) is 25.1 Å². The highest BCUT2D eigenvalue weighted by Crippen LogP contribution is 2.17. The minimum absolute atomic E-state index is 0.0743. The van der Waals surface area contributed by atoms with Gasteiger partial charge in [0.15, 0.2) is 0 Å². The Kier molecular flexibility index (Phi) is 5.41. The van der Waals surface area contributed by atoms with Crippen LogP contribution < -0.4 is 10.6 Å². The molecule has 0 atom stereocenters. The Bertz CT molecular complexity index is 551. The molecule has 0 saturated carbocycles. The predicted molar refractivity (Wildman–Crippen MR) is 72.0 cm³/mol. The number of nitrogens with one attached hydrogen (secondary N) is 2. The number of rotatable bonds is 6. The molecule has 0 spiro atoms. The lowest BCUT2D eigenvalue weighted by molar-refractivity contribution is -0.385. The van der Waals surface area contributed by atoms with Crippen LogP contribution in [-0.2, 0) is 4.79 Å². The summed E-state index contributed by atoms with van der Waals surface area (Å²) in [6.45, 7) is 4.05. The van der Waals surface area contributed by atoms with Gasteiger partial charge in [-0.1, -0.05) is 0 Å². The first-order chi connectivity index (χ1) is 9.43. The summed E-state index contributed by atoms with van der Waals surface area (Å²) in [5.74, 6) is 0.222. The zero-order chi connectivity index (χ0) is 15.1. The molecule has 0 aliphatic heterocycles. The summed E-state index contributed by atoms with van der Waals surface area (Å²) in [5, 5.41) is 25.0. The highest BCUT2D eigenvalue weighted by Gasteiger charge is 2.15. The van der Waals surface area contributed by atoms with Crippen LogP contribution in [0.15, 0.2) is 12.1 Å². The zero-order valence-corrected chi connectivity index (χ0v) is 11.2. The van der Waals surface area contributed by atoms with Gasteiger partial charge in [0.05, 0.1) is 4.92 Å². The lowest BCUT2D eigenvalue weighted by Gasteiger charge is -2.09. The van der Waals surface area contributed by atoms with Gasteiger partial charge in [-0.3, -0.25) is 14.9 Å². The van der Waals surface area contributed by atoms with E-state index in [1.807, 2.05) is 13.8 Å². The summed E-state index contributed by atoms with van der Waals surface area (Å²) < 4.78 is 0. The maximum Gasteiger partial charge on any atom is 0.305 e. The van der Waals surface area contributed by atoms with E-state index in [2.05, 4.69) is 15.6 Å². The van der Waals surface area contributed by atoms with E-state index >= 15 is 0 Å². The molecule has 0 aliphatic rings. The Morgan fingerprint density at radius 1 is 1.55 bits per heavy atom. The summed E-state index contributed by atoms with van der Waals surface area (Å²) in [5.41, 5.74) is -0.595. The largest absolute Gasteiger partial charge is 0.370 e. The Morgan fingerprint density at radius 2 is 2.25 bits per heavy atom. The summed E-state index contributed by atoms with van der Waals surface area (Å²) in [7, 11) is 0. The van der Waals surface area contributed by atoms with Crippen LogP contribution in [0, 0.1) is 21.4 Å². The summed E-state index contributed by atoms with van der Waals surface area (Å²) in [6, 6.07) is 4.36. The third-order valence-corrected chi connectivity index (χ3v) is 2.28. The number of nitro groups is 1. The molecule has 0 radical (unpaired) electrons. The van der Waals surface area contributed by atoms with E-state index in [1.165, 1.54) is 12.1 Å². The van der Waals surface area contributed by atoms with Crippen LogP contribution in [0.2, 0.25) is 0 Å². The van der Waals surface area contributed by atoms with Crippen molar-refractivity contribution in [3.05, 3.63) is 27.9 Å². The molecule has 106 valence electrons. The van der Waals surface area contributed by atoms with Crippen molar-refractivity contribution in [1.82, 2.24) is 10.3 Å². The standard InChI is InChI=1S/C12H15N5O3/c1-8(2)15-12(18)5-6-14-11-4-3-10(17(19)20)9(7-13)16-11/h3-4,8H,5-6H2,1-2H3,(H,14,16)(H,15,18). The topological polar surface area (TPSA) is 121 Å². The summed E-state index contributed by atoms with van der Waals surface area (Å²) >= 11 is 0. The van der Waals surface area contributed by atoms with Crippen molar-refractivity contribution in [2.24, 2.45) is 0 Å². The van der Waals surface area contributed by atoms with E-state index in [0.717, 1.165) is 0 Å². The molecular formula is C12H15N5O3. The van der Waals surface area contributed by atoms with E-state index in [4.69, 9.17) is 5.26 Å². The van der Waals surface area contributed by atoms with Crippen molar-refractivity contribution in [1.29, 1.82) is 5.26 Å². The molecule has 0 aromatic carbocycles. The van der Waals surface area contributed by atoms with Gasteiger partial charge in [0.2, 0.25) is 11.6 Å². The third kappa shape index (κ3) is 4.53. The summed E-state index contributed by atoms with van der Waals surface area (Å²) in [4.78, 5) is 25.2. The number of nitriles is 1. The number of hydrogen-bond acceptors (Lipinski definition) is 6. The van der Waals surface area contributed by atoms with Crippen LogP contribution >= 0.6 is 0 Å². The molecule has 1 aromatic heterocycles. The first-order valence-electron chi connectivity index (χ1n) is 6.02. The molecule has 20 heavy (non-hydrogen) atoms. The average molecular weight is 277 g/mol. The zero-order valence-electron chi connectivity index (χ0n) is 11.2. The highest BCUT2D eigenvalue weighted by molar-refractivity contribution is 5.76. The molecule has 0 aliphatic carbocycles. The fourth-order valence-electron chi connectivity index (χ4n) is 1.48. The van der Waals surface area contributed by atoms with E-state index in [-0.39, 0.29) is 29.8 Å². The number of carbonyl (C=O) groups is 1. The Morgan fingerprint density at radius 3 is 2.80 bits per heavy atom. The Hall–Kier alpha value is -2.69. The number of hydrogen-bond donors (Lipinski definition) is 2. The smallest absolute Gasteiger partial charge is 0.305 e. The van der Waals surface area contributed by atoms with Gasteiger partial charge in [-0.2, -0.15) is 5.26 Å². The minimum Gasteiger partial charge on any atom is -0.370 e. The minimum atomic E-state index is -0.661. The fraction of sp³-hybridized carbons (Fsp3) is 0.417. The van der Waals surface area contributed by atoms with Crippen LogP contribution in [0.5, 0.6) is 0 Å². The van der Waals surface area contributed by atoms with Gasteiger partial charge in [-0.15, -0.1) is 0 Å². The number of carbonyl (C=O) groups excluding carboxylic acids is 1. The van der Waals surface area contributed by atoms with Crippen LogP contribution in [0.4, 0.5) is 11.5 Å². The van der Waals surface area contributed by atoms with Gasteiger partial charge >= 0.3 is 5.69 Å². The predicted octanol–water partition coefficient (Wildman–Crippen LogP) is 1.19. The number of nitrogens with zero attached hydrogens (tertiary/aromatic N) is 3. The molecule has 8 nitrogen and oxygen atoms in total. The molecule has 1 rings (SSSR count). The SMILES string of the molecule is CC(C)NC(=O)CCNc1ccc([N+](=O)[O-])c(C#N)n1. The Labute approximate surface area is 116 Å². The second-order valence-electron chi connectivity index (χ2n) is 4.33. The second-order valence-corrected chi connectivity index (χ2v) is 4.33. The van der Waals surface area contributed by atoms with Crippen molar-refractivity contribution in [2.75, 3.05) is 11.9 Å². The molecule has 8 heteroatoms. The normalized spacial score (nSPS) is 9.90. The van der Waals surface area contributed by atoms with Gasteiger partial charge in [-0.25, -0.2) is 4.98 Å². The van der Waals surface area contributed by atoms with Gasteiger partial charge < -0.3 is 10.6 Å². The van der Waals surface area contributed by atoms with Crippen molar-refractivity contribution >= 4 is 17.4 Å². The number of pyridine rings is 1. The average Bonchev–Trinajstić information content (AvgIpc) is 2.37. The van der Waals surface area contributed by atoms with Crippen molar-refractivity contribution < 1.29 is 9.72 Å². The monoisotopic (exact) mass is 277 g/mol. The summed E-state index contributed by atoms with van der Waals surface area (Å²) in [6.07, 6.45) is 0.249. The van der Waals surface area contributed by atoms with Crippen molar-refractivity contribution in [2.45, 2.75) is 26.3 Å². The molecule has 1 aromatic rings. The van der Waals surface area contributed by atoms with Crippen molar-refractivity contribution in [3.63, 3.8) is 0 Å². The van der Waals surface area contributed by atoms with Crippen LogP contribution in [0.1, 0.15) is 26.0 Å².